The van der Waals surface area contributed by atoms with Gasteiger partial charge in [-0.05, 0) is 42.7 Å². The Hall–Kier alpha value is -3.12. The lowest BCUT2D eigenvalue weighted by atomic mass is 9.99. The smallest absolute Gasteiger partial charge is 0.260 e. The second-order valence-electron chi connectivity index (χ2n) is 7.03. The van der Waals surface area contributed by atoms with Crippen LogP contribution in [0.25, 0.3) is 21.3 Å². The average Bonchev–Trinajstić information content (AvgIpc) is 3.12. The van der Waals surface area contributed by atoms with Crippen molar-refractivity contribution in [2.24, 2.45) is 0 Å². The van der Waals surface area contributed by atoms with Gasteiger partial charge in [0.2, 0.25) is 0 Å². The highest BCUT2D eigenvalue weighted by Crippen LogP contribution is 2.33. The van der Waals surface area contributed by atoms with Gasteiger partial charge in [-0.1, -0.05) is 29.8 Å². The fourth-order valence-electron chi connectivity index (χ4n) is 3.58. The summed E-state index contributed by atoms with van der Waals surface area (Å²) in [6.45, 7) is 4.14. The van der Waals surface area contributed by atoms with Crippen LogP contribution < -0.4 is 15.0 Å². The number of thiophene rings is 1. The lowest BCUT2D eigenvalue weighted by molar-refractivity contribution is 0.354. The first-order valence-corrected chi connectivity index (χ1v) is 10.2. The maximum absolute atomic E-state index is 12.9. The summed E-state index contributed by atoms with van der Waals surface area (Å²) in [7, 11) is 3.21. The van der Waals surface area contributed by atoms with E-state index in [1.54, 1.807) is 14.2 Å². The number of rotatable bonds is 5. The molecule has 0 radical (unpaired) electrons. The van der Waals surface area contributed by atoms with Crippen molar-refractivity contribution in [2.45, 2.75) is 20.3 Å². The molecular formula is C23H22N2O3S. The van der Waals surface area contributed by atoms with Gasteiger partial charge in [-0.15, -0.1) is 11.3 Å². The number of nitrogens with zero attached hydrogens (tertiary/aromatic N) is 1. The van der Waals surface area contributed by atoms with E-state index in [4.69, 9.17) is 14.5 Å². The highest BCUT2D eigenvalue weighted by Gasteiger charge is 2.15. The van der Waals surface area contributed by atoms with E-state index in [1.807, 2.05) is 23.6 Å². The molecule has 0 bridgehead atoms. The number of fused-ring (bicyclic) bond motifs is 1. The van der Waals surface area contributed by atoms with Gasteiger partial charge in [-0.3, -0.25) is 4.79 Å². The Balaban J connectivity index is 1.73. The van der Waals surface area contributed by atoms with Crippen molar-refractivity contribution in [3.8, 4) is 22.6 Å². The number of nitrogens with one attached hydrogen (secondary N) is 1. The number of aromatic amines is 1. The molecule has 29 heavy (non-hydrogen) atoms. The van der Waals surface area contributed by atoms with Crippen LogP contribution in [0.5, 0.6) is 11.5 Å². The zero-order valence-electron chi connectivity index (χ0n) is 16.8. The molecule has 6 heteroatoms. The van der Waals surface area contributed by atoms with Gasteiger partial charge >= 0.3 is 0 Å². The first kappa shape index (κ1) is 19.2. The summed E-state index contributed by atoms with van der Waals surface area (Å²) in [5.74, 6) is 1.95. The molecule has 0 atom stereocenters. The third kappa shape index (κ3) is 3.63. The summed E-state index contributed by atoms with van der Waals surface area (Å²) in [4.78, 5) is 21.3. The van der Waals surface area contributed by atoms with Gasteiger partial charge in [0, 0.05) is 17.4 Å². The summed E-state index contributed by atoms with van der Waals surface area (Å²) >= 11 is 1.50. The van der Waals surface area contributed by atoms with E-state index in [2.05, 4.69) is 37.0 Å². The van der Waals surface area contributed by atoms with E-state index < -0.39 is 0 Å². The van der Waals surface area contributed by atoms with Crippen LogP contribution in [0.3, 0.4) is 0 Å². The standard InChI is InChI=1S/C23H22N2O3S/c1-13-5-7-16(14(2)9-13)17-12-29-23-21(17)22(26)24-20(25-23)11-15-6-8-18(27-3)19(10-15)28-4/h5-10,12H,11H2,1-4H3,(H,24,25,26). The third-order valence-corrected chi connectivity index (χ3v) is 5.86. The molecule has 4 rings (SSSR count). The highest BCUT2D eigenvalue weighted by molar-refractivity contribution is 7.17. The van der Waals surface area contributed by atoms with Crippen molar-refractivity contribution in [3.63, 3.8) is 0 Å². The third-order valence-electron chi connectivity index (χ3n) is 4.98. The van der Waals surface area contributed by atoms with Crippen molar-refractivity contribution in [2.75, 3.05) is 14.2 Å². The Bertz CT molecular complexity index is 1260. The molecule has 0 saturated carbocycles. The minimum absolute atomic E-state index is 0.110. The van der Waals surface area contributed by atoms with Crippen LogP contribution >= 0.6 is 11.3 Å². The zero-order chi connectivity index (χ0) is 20.5. The first-order valence-electron chi connectivity index (χ1n) is 9.29. The number of ether oxygens (including phenoxy) is 2. The number of benzene rings is 2. The SMILES string of the molecule is COc1ccc(Cc2nc3scc(-c4ccc(C)cc4C)c3c(=O)[nH]2)cc1OC. The largest absolute Gasteiger partial charge is 0.493 e. The molecule has 0 spiro atoms. The van der Waals surface area contributed by atoms with E-state index in [0.29, 0.717) is 29.1 Å². The van der Waals surface area contributed by atoms with Crippen LogP contribution in [0.1, 0.15) is 22.5 Å². The maximum Gasteiger partial charge on any atom is 0.260 e. The molecule has 2 aromatic carbocycles. The topological polar surface area (TPSA) is 64.2 Å². The van der Waals surface area contributed by atoms with Gasteiger partial charge in [-0.25, -0.2) is 4.98 Å². The summed E-state index contributed by atoms with van der Waals surface area (Å²) < 4.78 is 10.6. The molecule has 4 aromatic rings. The van der Waals surface area contributed by atoms with Crippen LogP contribution in [0.15, 0.2) is 46.6 Å². The van der Waals surface area contributed by atoms with Crippen molar-refractivity contribution in [1.29, 1.82) is 0 Å². The number of aryl methyl sites for hydroxylation is 2. The number of methoxy groups -OCH3 is 2. The van der Waals surface area contributed by atoms with E-state index in [-0.39, 0.29) is 5.56 Å². The first-order chi connectivity index (χ1) is 14.0. The van der Waals surface area contributed by atoms with Crippen molar-refractivity contribution >= 4 is 21.6 Å². The summed E-state index contributed by atoms with van der Waals surface area (Å²) in [6, 6.07) is 12.0. The lowest BCUT2D eigenvalue weighted by Crippen LogP contribution is -2.12. The van der Waals surface area contributed by atoms with Crippen LogP contribution in [0.4, 0.5) is 0 Å². The Labute approximate surface area is 173 Å². The summed E-state index contributed by atoms with van der Waals surface area (Å²) in [5.41, 5.74) is 5.24. The van der Waals surface area contributed by atoms with Gasteiger partial charge in [-0.2, -0.15) is 0 Å². The molecule has 5 nitrogen and oxygen atoms in total. The lowest BCUT2D eigenvalue weighted by Gasteiger charge is -2.09. The van der Waals surface area contributed by atoms with E-state index in [9.17, 15) is 4.79 Å². The Kier molecular flexibility index (Phi) is 5.11. The van der Waals surface area contributed by atoms with Crippen molar-refractivity contribution < 1.29 is 9.47 Å². The number of hydrogen-bond donors (Lipinski definition) is 1. The molecule has 2 aromatic heterocycles. The molecule has 0 amide bonds. The quantitative estimate of drug-likeness (QED) is 0.513. The average molecular weight is 407 g/mol. The number of hydrogen-bond acceptors (Lipinski definition) is 5. The minimum atomic E-state index is -0.110. The Morgan fingerprint density at radius 3 is 2.52 bits per heavy atom. The predicted octanol–water partition coefficient (Wildman–Crippen LogP) is 4.88. The summed E-state index contributed by atoms with van der Waals surface area (Å²) in [6.07, 6.45) is 0.502. The fourth-order valence-corrected chi connectivity index (χ4v) is 4.53. The second kappa shape index (κ2) is 7.72. The van der Waals surface area contributed by atoms with Crippen LogP contribution in [-0.4, -0.2) is 24.2 Å². The molecule has 0 aliphatic carbocycles. The van der Waals surface area contributed by atoms with E-state index in [1.165, 1.54) is 16.9 Å². The predicted molar refractivity (Wildman–Crippen MR) is 118 cm³/mol. The number of H-pyrrole nitrogens is 1. The molecule has 2 heterocycles. The van der Waals surface area contributed by atoms with Crippen LogP contribution in [0.2, 0.25) is 0 Å². The molecular weight excluding hydrogens is 384 g/mol. The summed E-state index contributed by atoms with van der Waals surface area (Å²) in [5, 5.41) is 2.67. The molecule has 1 N–H and O–H groups in total. The van der Waals surface area contributed by atoms with Gasteiger partial charge in [0.1, 0.15) is 10.7 Å². The molecule has 148 valence electrons. The van der Waals surface area contributed by atoms with E-state index in [0.717, 1.165) is 27.1 Å². The fraction of sp³-hybridized carbons (Fsp3) is 0.217. The van der Waals surface area contributed by atoms with Gasteiger partial charge in [0.05, 0.1) is 19.6 Å². The van der Waals surface area contributed by atoms with Crippen molar-refractivity contribution in [1.82, 2.24) is 9.97 Å². The van der Waals surface area contributed by atoms with Crippen LogP contribution in [-0.2, 0) is 6.42 Å². The molecule has 0 unspecified atom stereocenters. The van der Waals surface area contributed by atoms with Crippen molar-refractivity contribution in [3.05, 3.63) is 74.6 Å². The molecule has 0 fully saturated rings. The van der Waals surface area contributed by atoms with Gasteiger partial charge < -0.3 is 14.5 Å². The highest BCUT2D eigenvalue weighted by atomic mass is 32.1. The molecule has 0 aliphatic rings. The Morgan fingerprint density at radius 2 is 1.79 bits per heavy atom. The maximum atomic E-state index is 12.9. The van der Waals surface area contributed by atoms with Gasteiger partial charge in [0.25, 0.3) is 5.56 Å². The number of aromatic nitrogens is 2. The second-order valence-corrected chi connectivity index (χ2v) is 7.88. The minimum Gasteiger partial charge on any atom is -0.493 e. The van der Waals surface area contributed by atoms with Crippen LogP contribution in [0, 0.1) is 13.8 Å². The monoisotopic (exact) mass is 406 g/mol. The normalized spacial score (nSPS) is 11.0. The van der Waals surface area contributed by atoms with E-state index >= 15 is 0 Å². The molecule has 0 aliphatic heterocycles. The Morgan fingerprint density at radius 1 is 1.00 bits per heavy atom. The van der Waals surface area contributed by atoms with Gasteiger partial charge in [0.15, 0.2) is 11.5 Å². The molecule has 0 saturated heterocycles. The zero-order valence-corrected chi connectivity index (χ0v) is 17.6.